The van der Waals surface area contributed by atoms with Crippen molar-refractivity contribution in [2.24, 2.45) is 0 Å². The van der Waals surface area contributed by atoms with Crippen LogP contribution in [0.2, 0.25) is 0 Å². The van der Waals surface area contributed by atoms with Gasteiger partial charge >= 0.3 is 0 Å². The molecule has 0 saturated carbocycles. The molecule has 0 bridgehead atoms. The topological polar surface area (TPSA) is 21.7 Å². The van der Waals surface area contributed by atoms with Crippen LogP contribution in [0.5, 0.6) is 5.75 Å². The van der Waals surface area contributed by atoms with Gasteiger partial charge in [-0.1, -0.05) is 36.4 Å². The van der Waals surface area contributed by atoms with Crippen molar-refractivity contribution >= 4 is 10.8 Å². The second kappa shape index (κ2) is 5.33. The van der Waals surface area contributed by atoms with Gasteiger partial charge in [-0.3, -0.25) is 0 Å². The minimum atomic E-state index is 0.694. The lowest BCUT2D eigenvalue weighted by atomic mass is 10.1. The second-order valence-corrected chi connectivity index (χ2v) is 4.57. The van der Waals surface area contributed by atoms with E-state index in [0.717, 1.165) is 37.4 Å². The molecule has 3 nitrogen and oxygen atoms in total. The summed E-state index contributed by atoms with van der Waals surface area (Å²) in [6, 6.07) is 14.3. The minimum absolute atomic E-state index is 0.694. The van der Waals surface area contributed by atoms with Gasteiger partial charge in [-0.15, -0.1) is 0 Å². The van der Waals surface area contributed by atoms with Crippen LogP contribution in [0.4, 0.5) is 0 Å². The Morgan fingerprint density at radius 1 is 1.05 bits per heavy atom. The molecule has 1 aliphatic rings. The number of rotatable bonds is 3. The van der Waals surface area contributed by atoms with E-state index in [4.69, 9.17) is 9.47 Å². The Bertz CT molecular complexity index is 583. The van der Waals surface area contributed by atoms with E-state index in [1.807, 2.05) is 24.3 Å². The molecule has 0 aromatic heterocycles. The van der Waals surface area contributed by atoms with Crippen LogP contribution in [0, 0.1) is 0 Å². The molecule has 0 aliphatic carbocycles. The van der Waals surface area contributed by atoms with Crippen molar-refractivity contribution in [2.75, 3.05) is 26.3 Å². The molecule has 3 rings (SSSR count). The molecule has 0 amide bonds. The van der Waals surface area contributed by atoms with Crippen LogP contribution in [0.15, 0.2) is 54.9 Å². The fourth-order valence-corrected chi connectivity index (χ4v) is 2.29. The third-order valence-electron chi connectivity index (χ3n) is 3.34. The molecule has 1 saturated heterocycles. The summed E-state index contributed by atoms with van der Waals surface area (Å²) in [6.07, 6.45) is 0. The molecule has 0 atom stereocenters. The zero-order valence-corrected chi connectivity index (χ0v) is 10.8. The molecule has 1 fully saturated rings. The molecule has 0 spiro atoms. The molecule has 0 unspecified atom stereocenters. The molecule has 2 aromatic carbocycles. The number of morpholine rings is 1. The van der Waals surface area contributed by atoms with Crippen molar-refractivity contribution in [1.29, 1.82) is 0 Å². The van der Waals surface area contributed by atoms with Crippen molar-refractivity contribution < 1.29 is 9.47 Å². The first-order chi connectivity index (χ1) is 9.34. The number of nitrogens with zero attached hydrogens (tertiary/aromatic N) is 1. The van der Waals surface area contributed by atoms with E-state index in [-0.39, 0.29) is 0 Å². The summed E-state index contributed by atoms with van der Waals surface area (Å²) in [5, 5.41) is 2.29. The highest BCUT2D eigenvalue weighted by molar-refractivity contribution is 5.88. The number of ether oxygens (including phenoxy) is 2. The van der Waals surface area contributed by atoms with Gasteiger partial charge in [-0.2, -0.15) is 0 Å². The summed E-state index contributed by atoms with van der Waals surface area (Å²) in [5.74, 6) is 1.55. The zero-order chi connectivity index (χ0) is 13.1. The largest absolute Gasteiger partial charge is 0.441 e. The molecule has 2 aromatic rings. The molecule has 19 heavy (non-hydrogen) atoms. The van der Waals surface area contributed by atoms with Gasteiger partial charge in [0.25, 0.3) is 0 Å². The summed E-state index contributed by atoms with van der Waals surface area (Å²) in [5.41, 5.74) is 0. The maximum absolute atomic E-state index is 5.94. The van der Waals surface area contributed by atoms with Crippen LogP contribution in [0.25, 0.3) is 10.8 Å². The minimum Gasteiger partial charge on any atom is -0.441 e. The van der Waals surface area contributed by atoms with Gasteiger partial charge in [0.15, 0.2) is 5.88 Å². The van der Waals surface area contributed by atoms with E-state index >= 15 is 0 Å². The van der Waals surface area contributed by atoms with Gasteiger partial charge < -0.3 is 14.4 Å². The number of hydrogen-bond acceptors (Lipinski definition) is 3. The SMILES string of the molecule is C=C(Oc1cccc2ccccc12)N1CCOCC1. The third-order valence-corrected chi connectivity index (χ3v) is 3.34. The van der Waals surface area contributed by atoms with E-state index in [1.165, 1.54) is 5.39 Å². The van der Waals surface area contributed by atoms with Gasteiger partial charge in [0, 0.05) is 18.5 Å². The van der Waals surface area contributed by atoms with Crippen molar-refractivity contribution in [1.82, 2.24) is 4.90 Å². The van der Waals surface area contributed by atoms with E-state index in [0.29, 0.717) is 5.88 Å². The summed E-state index contributed by atoms with van der Waals surface area (Å²) in [4.78, 5) is 2.12. The van der Waals surface area contributed by atoms with Crippen molar-refractivity contribution in [3.63, 3.8) is 0 Å². The predicted octanol–water partition coefficient (Wildman–Crippen LogP) is 3.02. The molecular weight excluding hydrogens is 238 g/mol. The van der Waals surface area contributed by atoms with Gasteiger partial charge in [0.05, 0.1) is 13.2 Å². The highest BCUT2D eigenvalue weighted by Crippen LogP contribution is 2.27. The van der Waals surface area contributed by atoms with E-state index in [1.54, 1.807) is 0 Å². The fraction of sp³-hybridized carbons (Fsp3) is 0.250. The average molecular weight is 255 g/mol. The Morgan fingerprint density at radius 3 is 2.63 bits per heavy atom. The smallest absolute Gasteiger partial charge is 0.188 e. The Labute approximate surface area is 113 Å². The molecule has 98 valence electrons. The van der Waals surface area contributed by atoms with Crippen molar-refractivity contribution in [3.8, 4) is 5.75 Å². The van der Waals surface area contributed by atoms with Crippen LogP contribution in [-0.2, 0) is 4.74 Å². The van der Waals surface area contributed by atoms with Crippen LogP contribution in [-0.4, -0.2) is 31.2 Å². The van der Waals surface area contributed by atoms with Gasteiger partial charge in [0.1, 0.15) is 5.75 Å². The van der Waals surface area contributed by atoms with E-state index < -0.39 is 0 Å². The first kappa shape index (κ1) is 12.1. The second-order valence-electron chi connectivity index (χ2n) is 4.57. The van der Waals surface area contributed by atoms with E-state index in [2.05, 4.69) is 29.7 Å². The molecule has 1 aliphatic heterocycles. The van der Waals surface area contributed by atoms with Crippen LogP contribution >= 0.6 is 0 Å². The van der Waals surface area contributed by atoms with Crippen molar-refractivity contribution in [3.05, 3.63) is 54.9 Å². The molecule has 3 heteroatoms. The summed E-state index contributed by atoms with van der Waals surface area (Å²) in [6.45, 7) is 7.17. The summed E-state index contributed by atoms with van der Waals surface area (Å²) < 4.78 is 11.3. The van der Waals surface area contributed by atoms with Crippen molar-refractivity contribution in [2.45, 2.75) is 0 Å². The first-order valence-corrected chi connectivity index (χ1v) is 6.52. The Balaban J connectivity index is 1.82. The number of fused-ring (bicyclic) bond motifs is 1. The Hall–Kier alpha value is -2.00. The quantitative estimate of drug-likeness (QED) is 0.787. The molecule has 1 heterocycles. The monoisotopic (exact) mass is 255 g/mol. The number of hydrogen-bond donors (Lipinski definition) is 0. The third kappa shape index (κ3) is 2.56. The number of benzene rings is 2. The van der Waals surface area contributed by atoms with E-state index in [9.17, 15) is 0 Å². The summed E-state index contributed by atoms with van der Waals surface area (Å²) in [7, 11) is 0. The lowest BCUT2D eigenvalue weighted by Crippen LogP contribution is -2.36. The lowest BCUT2D eigenvalue weighted by Gasteiger charge is -2.29. The Kier molecular flexibility index (Phi) is 3.38. The molecule has 0 N–H and O–H groups in total. The highest BCUT2D eigenvalue weighted by Gasteiger charge is 2.14. The summed E-state index contributed by atoms with van der Waals surface area (Å²) >= 11 is 0. The van der Waals surface area contributed by atoms with Gasteiger partial charge in [-0.25, -0.2) is 0 Å². The highest BCUT2D eigenvalue weighted by atomic mass is 16.5. The van der Waals surface area contributed by atoms with Crippen LogP contribution < -0.4 is 4.74 Å². The fourth-order valence-electron chi connectivity index (χ4n) is 2.29. The standard InChI is InChI=1S/C16H17NO2/c1-13(17-9-11-18-12-10-17)19-16-8-4-6-14-5-2-3-7-15(14)16/h2-8H,1,9-12H2. The first-order valence-electron chi connectivity index (χ1n) is 6.52. The zero-order valence-electron chi connectivity index (χ0n) is 10.8. The normalized spacial score (nSPS) is 15.5. The molecule has 0 radical (unpaired) electrons. The Morgan fingerprint density at radius 2 is 1.79 bits per heavy atom. The van der Waals surface area contributed by atoms with Crippen LogP contribution in [0.1, 0.15) is 0 Å². The maximum Gasteiger partial charge on any atom is 0.188 e. The molecular formula is C16H17NO2. The lowest BCUT2D eigenvalue weighted by molar-refractivity contribution is 0.0356. The maximum atomic E-state index is 5.94. The van der Waals surface area contributed by atoms with Gasteiger partial charge in [0.2, 0.25) is 0 Å². The average Bonchev–Trinajstić information content (AvgIpc) is 2.48. The van der Waals surface area contributed by atoms with Gasteiger partial charge in [-0.05, 0) is 18.0 Å². The van der Waals surface area contributed by atoms with Crippen LogP contribution in [0.3, 0.4) is 0 Å². The predicted molar refractivity (Wildman–Crippen MR) is 76.1 cm³/mol.